The molecule has 1 aromatic carbocycles. The lowest BCUT2D eigenvalue weighted by Crippen LogP contribution is -2.57. The first kappa shape index (κ1) is 19.1. The third kappa shape index (κ3) is 4.75. The van der Waals surface area contributed by atoms with E-state index in [1.807, 2.05) is 24.3 Å². The second kappa shape index (κ2) is 8.36. The Hall–Kier alpha value is -2.65. The van der Waals surface area contributed by atoms with Gasteiger partial charge in [0, 0.05) is 32.6 Å². The van der Waals surface area contributed by atoms with Gasteiger partial charge in [0.25, 0.3) is 5.91 Å². The fourth-order valence-electron chi connectivity index (χ4n) is 3.30. The Balaban J connectivity index is 1.54. The summed E-state index contributed by atoms with van der Waals surface area (Å²) in [5, 5.41) is 20.1. The minimum absolute atomic E-state index is 0.162. The van der Waals surface area contributed by atoms with E-state index >= 15 is 0 Å². The van der Waals surface area contributed by atoms with E-state index in [2.05, 4.69) is 20.5 Å². The molecule has 0 aliphatic carbocycles. The van der Waals surface area contributed by atoms with Gasteiger partial charge in [0.2, 0.25) is 0 Å². The Morgan fingerprint density at radius 2 is 2.26 bits per heavy atom. The van der Waals surface area contributed by atoms with Crippen LogP contribution in [0.15, 0.2) is 29.1 Å². The first-order valence-electron chi connectivity index (χ1n) is 8.99. The van der Waals surface area contributed by atoms with Crippen molar-refractivity contribution >= 4 is 5.91 Å². The molecule has 27 heavy (non-hydrogen) atoms. The van der Waals surface area contributed by atoms with Crippen molar-refractivity contribution < 1.29 is 14.6 Å². The minimum Gasteiger partial charge on any atom is -0.497 e. The molecule has 9 heteroatoms. The van der Waals surface area contributed by atoms with Gasteiger partial charge >= 0.3 is 5.69 Å². The van der Waals surface area contributed by atoms with Crippen LogP contribution in [0.3, 0.4) is 0 Å². The van der Waals surface area contributed by atoms with Crippen molar-refractivity contribution in [3.8, 4) is 5.75 Å². The average molecular weight is 375 g/mol. The highest BCUT2D eigenvalue weighted by atomic mass is 16.5. The average Bonchev–Trinajstić information content (AvgIpc) is 3.08. The molecule has 1 aliphatic heterocycles. The normalized spacial score (nSPS) is 20.1. The van der Waals surface area contributed by atoms with Crippen molar-refractivity contribution in [2.45, 2.75) is 31.4 Å². The largest absolute Gasteiger partial charge is 0.497 e. The van der Waals surface area contributed by atoms with Crippen LogP contribution < -0.4 is 15.7 Å². The monoisotopic (exact) mass is 375 g/mol. The number of aliphatic hydroxyl groups is 1. The van der Waals surface area contributed by atoms with Gasteiger partial charge in [-0.05, 0) is 30.5 Å². The van der Waals surface area contributed by atoms with Crippen molar-refractivity contribution in [3.63, 3.8) is 0 Å². The number of hydrogen-bond donors (Lipinski definition) is 4. The summed E-state index contributed by atoms with van der Waals surface area (Å²) in [7, 11) is 1.61. The second-order valence-corrected chi connectivity index (χ2v) is 6.76. The van der Waals surface area contributed by atoms with E-state index in [1.54, 1.807) is 12.0 Å². The maximum absolute atomic E-state index is 12.8. The Bertz CT molecular complexity index is 833. The van der Waals surface area contributed by atoms with Gasteiger partial charge in [-0.3, -0.25) is 9.78 Å². The van der Waals surface area contributed by atoms with Crippen LogP contribution in [0.2, 0.25) is 0 Å². The molecule has 1 aromatic heterocycles. The third-order valence-corrected chi connectivity index (χ3v) is 4.72. The number of ether oxygens (including phenoxy) is 1. The summed E-state index contributed by atoms with van der Waals surface area (Å²) in [6, 6.07) is 7.57. The highest BCUT2D eigenvalue weighted by molar-refractivity contribution is 5.86. The number of amides is 1. The molecule has 0 spiro atoms. The predicted molar refractivity (Wildman–Crippen MR) is 98.4 cm³/mol. The molecule has 1 atom stereocenters. The lowest BCUT2D eigenvalue weighted by atomic mass is 9.91. The fraction of sp³-hybridized carbons (Fsp3) is 0.500. The smallest absolute Gasteiger partial charge is 0.340 e. The molecule has 2 aromatic rings. The van der Waals surface area contributed by atoms with E-state index in [1.165, 1.54) is 0 Å². The van der Waals surface area contributed by atoms with Crippen molar-refractivity contribution in [1.82, 2.24) is 25.4 Å². The quantitative estimate of drug-likeness (QED) is 0.474. The molecule has 0 saturated carbocycles. The van der Waals surface area contributed by atoms with Crippen molar-refractivity contribution in [3.05, 3.63) is 46.1 Å². The third-order valence-electron chi connectivity index (χ3n) is 4.72. The summed E-state index contributed by atoms with van der Waals surface area (Å²) in [5.74, 6) is 1.01. The van der Waals surface area contributed by atoms with Crippen molar-refractivity contribution in [2.75, 3.05) is 26.7 Å². The molecular weight excluding hydrogens is 350 g/mol. The number of aromatic nitrogens is 3. The van der Waals surface area contributed by atoms with Crippen LogP contribution in [0, 0.1) is 0 Å². The van der Waals surface area contributed by atoms with Gasteiger partial charge in [0.15, 0.2) is 5.60 Å². The number of likely N-dealkylation sites (tertiary alicyclic amines) is 1. The summed E-state index contributed by atoms with van der Waals surface area (Å²) in [6.07, 6.45) is 1.66. The van der Waals surface area contributed by atoms with Crippen LogP contribution in [0.4, 0.5) is 0 Å². The zero-order valence-electron chi connectivity index (χ0n) is 15.3. The number of piperidine rings is 1. The number of aromatic amines is 2. The molecule has 1 aliphatic rings. The van der Waals surface area contributed by atoms with E-state index in [0.29, 0.717) is 38.3 Å². The molecule has 0 radical (unpaired) electrons. The van der Waals surface area contributed by atoms with Gasteiger partial charge in [0.1, 0.15) is 11.6 Å². The van der Waals surface area contributed by atoms with Crippen LogP contribution >= 0.6 is 0 Å². The summed E-state index contributed by atoms with van der Waals surface area (Å²) >= 11 is 0. The van der Waals surface area contributed by atoms with Gasteiger partial charge in [-0.2, -0.15) is 5.10 Å². The number of rotatable bonds is 8. The van der Waals surface area contributed by atoms with Crippen LogP contribution in [0.25, 0.3) is 0 Å². The number of carbonyl (C=O) groups excluding carboxylic acids is 1. The van der Waals surface area contributed by atoms with Crippen LogP contribution in [0.1, 0.15) is 24.2 Å². The Labute approximate surface area is 156 Å². The Kier molecular flexibility index (Phi) is 5.92. The summed E-state index contributed by atoms with van der Waals surface area (Å²) < 4.78 is 5.22. The molecule has 1 fully saturated rings. The summed E-state index contributed by atoms with van der Waals surface area (Å²) in [4.78, 5) is 28.1. The number of hydrogen-bond acceptors (Lipinski definition) is 6. The maximum atomic E-state index is 12.8. The zero-order valence-corrected chi connectivity index (χ0v) is 15.3. The topological polar surface area (TPSA) is 123 Å². The van der Waals surface area contributed by atoms with E-state index < -0.39 is 5.60 Å². The molecule has 2 heterocycles. The Morgan fingerprint density at radius 3 is 3.00 bits per heavy atom. The van der Waals surface area contributed by atoms with Gasteiger partial charge in [-0.25, -0.2) is 9.89 Å². The van der Waals surface area contributed by atoms with Crippen molar-refractivity contribution in [1.29, 1.82) is 0 Å². The van der Waals surface area contributed by atoms with E-state index in [9.17, 15) is 14.7 Å². The summed E-state index contributed by atoms with van der Waals surface area (Å²) in [5.41, 5.74) is -0.808. The first-order valence-corrected chi connectivity index (χ1v) is 8.99. The fourth-order valence-corrected chi connectivity index (χ4v) is 3.30. The first-order chi connectivity index (χ1) is 13.0. The van der Waals surface area contributed by atoms with Crippen LogP contribution in [-0.2, 0) is 17.8 Å². The summed E-state index contributed by atoms with van der Waals surface area (Å²) in [6.45, 7) is 1.71. The number of methoxy groups -OCH3 is 1. The minimum atomic E-state index is -1.42. The predicted octanol–water partition coefficient (Wildman–Crippen LogP) is -0.208. The molecule has 1 unspecified atom stereocenters. The van der Waals surface area contributed by atoms with Crippen LogP contribution in [-0.4, -0.2) is 63.4 Å². The lowest BCUT2D eigenvalue weighted by Gasteiger charge is -2.38. The number of benzene rings is 1. The Morgan fingerprint density at radius 1 is 1.41 bits per heavy atom. The molecule has 3 rings (SSSR count). The SMILES string of the molecule is COc1cccc(CN2CCCC(O)(CNCCc3n[nH]c(=O)[nH]3)C2=O)c1. The second-order valence-electron chi connectivity index (χ2n) is 6.76. The lowest BCUT2D eigenvalue weighted by molar-refractivity contribution is -0.157. The van der Waals surface area contributed by atoms with E-state index in [-0.39, 0.29) is 18.1 Å². The van der Waals surface area contributed by atoms with E-state index in [4.69, 9.17) is 4.74 Å². The molecule has 4 N–H and O–H groups in total. The molecule has 1 saturated heterocycles. The molecule has 0 bridgehead atoms. The number of carbonyl (C=O) groups is 1. The molecule has 146 valence electrons. The molecule has 9 nitrogen and oxygen atoms in total. The number of nitrogens with zero attached hydrogens (tertiary/aromatic N) is 2. The molecule has 1 amide bonds. The van der Waals surface area contributed by atoms with E-state index in [0.717, 1.165) is 17.7 Å². The van der Waals surface area contributed by atoms with Gasteiger partial charge in [-0.1, -0.05) is 12.1 Å². The standard InChI is InChI=1S/C18H25N5O4/c1-27-14-5-2-4-13(10-14)11-23-9-3-7-18(26,16(23)24)12-19-8-6-15-20-17(25)22-21-15/h2,4-5,10,19,26H,3,6-9,11-12H2,1H3,(H2,20,21,22,25). The van der Waals surface area contributed by atoms with Gasteiger partial charge in [0.05, 0.1) is 7.11 Å². The molecular formula is C18H25N5O4. The van der Waals surface area contributed by atoms with Crippen molar-refractivity contribution in [2.24, 2.45) is 0 Å². The zero-order chi connectivity index (χ0) is 19.3. The number of nitrogens with one attached hydrogen (secondary N) is 3. The van der Waals surface area contributed by atoms with Crippen LogP contribution in [0.5, 0.6) is 5.75 Å². The highest BCUT2D eigenvalue weighted by Gasteiger charge is 2.41. The highest BCUT2D eigenvalue weighted by Crippen LogP contribution is 2.24. The van der Waals surface area contributed by atoms with Gasteiger partial charge in [-0.15, -0.1) is 0 Å². The maximum Gasteiger partial charge on any atom is 0.340 e. The van der Waals surface area contributed by atoms with Gasteiger partial charge < -0.3 is 20.1 Å². The number of H-pyrrole nitrogens is 2.